The fourth-order valence-electron chi connectivity index (χ4n) is 3.81. The molecule has 1 aromatic carbocycles. The van der Waals surface area contributed by atoms with Gasteiger partial charge in [-0.25, -0.2) is 4.79 Å². The Hall–Kier alpha value is -1.88. The van der Waals surface area contributed by atoms with Gasteiger partial charge in [0, 0.05) is 33.8 Å². The number of allylic oxidation sites excluding steroid dienone is 3. The van der Waals surface area contributed by atoms with E-state index in [1.54, 1.807) is 0 Å². The van der Waals surface area contributed by atoms with E-state index < -0.39 is 5.97 Å². The van der Waals surface area contributed by atoms with Gasteiger partial charge in [0.15, 0.2) is 5.78 Å². The average Bonchev–Trinajstić information content (AvgIpc) is 2.52. The molecule has 0 spiro atoms. The summed E-state index contributed by atoms with van der Waals surface area (Å²) in [4.78, 5) is 25.4. The zero-order chi connectivity index (χ0) is 18.4. The van der Waals surface area contributed by atoms with Gasteiger partial charge >= 0.3 is 5.97 Å². The molecule has 0 radical (unpaired) electrons. The molecular formula is C20H22BrNO3. The number of carbonyl (C=O) groups excluding carboxylic acids is 2. The maximum Gasteiger partial charge on any atom is 0.336 e. The third kappa shape index (κ3) is 3.30. The van der Waals surface area contributed by atoms with Crippen LogP contribution in [0.4, 0.5) is 0 Å². The third-order valence-corrected chi connectivity index (χ3v) is 5.38. The maximum absolute atomic E-state index is 13.0. The summed E-state index contributed by atoms with van der Waals surface area (Å²) in [5.41, 5.74) is 3.73. The predicted octanol–water partition coefficient (Wildman–Crippen LogP) is 4.23. The molecule has 1 aromatic rings. The van der Waals surface area contributed by atoms with E-state index in [2.05, 4.69) is 35.1 Å². The molecule has 5 heteroatoms. The number of carbonyl (C=O) groups is 2. The molecule has 0 aromatic heterocycles. The third-order valence-electron chi connectivity index (χ3n) is 4.85. The Balaban J connectivity index is 2.19. The Labute approximate surface area is 156 Å². The lowest BCUT2D eigenvalue weighted by molar-refractivity contribution is -0.136. The van der Waals surface area contributed by atoms with E-state index in [0.717, 1.165) is 27.9 Å². The van der Waals surface area contributed by atoms with Crippen LogP contribution < -0.4 is 5.32 Å². The zero-order valence-corrected chi connectivity index (χ0v) is 16.5. The minimum Gasteiger partial charge on any atom is -0.466 e. The fraction of sp³-hybridized carbons (Fsp3) is 0.400. The Morgan fingerprint density at radius 1 is 1.24 bits per heavy atom. The molecule has 1 aliphatic heterocycles. The van der Waals surface area contributed by atoms with Crippen LogP contribution >= 0.6 is 15.9 Å². The van der Waals surface area contributed by atoms with Crippen LogP contribution in [0.25, 0.3) is 0 Å². The minimum absolute atomic E-state index is 0.0871. The fourth-order valence-corrected chi connectivity index (χ4v) is 4.07. The standard InChI is InChI=1S/C20H22BrNO3/c1-11-16(19(24)25-4)17(12-5-7-13(21)8-6-12)18-14(22-11)9-20(2,3)10-15(18)23/h5-8,17,22H,9-10H2,1-4H3/t17-/m1/s1. The lowest BCUT2D eigenvalue weighted by atomic mass is 9.68. The molecule has 0 saturated carbocycles. The second-order valence-electron chi connectivity index (χ2n) is 7.47. The molecule has 0 bridgehead atoms. The molecule has 1 aliphatic carbocycles. The molecule has 4 nitrogen and oxygen atoms in total. The molecule has 2 aliphatic rings. The summed E-state index contributed by atoms with van der Waals surface area (Å²) in [5.74, 6) is -0.692. The quantitative estimate of drug-likeness (QED) is 0.750. The van der Waals surface area contributed by atoms with E-state index in [4.69, 9.17) is 4.74 Å². The Kier molecular flexibility index (Phi) is 4.62. The van der Waals surface area contributed by atoms with Crippen LogP contribution in [0.2, 0.25) is 0 Å². The molecule has 0 fully saturated rings. The first-order valence-electron chi connectivity index (χ1n) is 8.31. The van der Waals surface area contributed by atoms with Crippen molar-refractivity contribution < 1.29 is 14.3 Å². The largest absolute Gasteiger partial charge is 0.466 e. The van der Waals surface area contributed by atoms with E-state index in [-0.39, 0.29) is 17.1 Å². The van der Waals surface area contributed by atoms with Crippen molar-refractivity contribution in [2.75, 3.05) is 7.11 Å². The summed E-state index contributed by atoms with van der Waals surface area (Å²) < 4.78 is 5.97. The average molecular weight is 404 g/mol. The van der Waals surface area contributed by atoms with Gasteiger partial charge in [-0.15, -0.1) is 0 Å². The minimum atomic E-state index is -0.401. The van der Waals surface area contributed by atoms with Crippen molar-refractivity contribution in [1.82, 2.24) is 5.32 Å². The number of esters is 1. The van der Waals surface area contributed by atoms with Gasteiger partial charge in [0.05, 0.1) is 12.7 Å². The lowest BCUT2D eigenvalue weighted by Crippen LogP contribution is -2.38. The molecular weight excluding hydrogens is 382 g/mol. The summed E-state index contributed by atoms with van der Waals surface area (Å²) >= 11 is 3.44. The molecule has 132 valence electrons. The van der Waals surface area contributed by atoms with Gasteiger partial charge in [-0.2, -0.15) is 0 Å². The number of hydrogen-bond acceptors (Lipinski definition) is 4. The smallest absolute Gasteiger partial charge is 0.336 e. The molecule has 1 heterocycles. The van der Waals surface area contributed by atoms with Crippen molar-refractivity contribution in [1.29, 1.82) is 0 Å². The van der Waals surface area contributed by atoms with Crippen LogP contribution in [-0.4, -0.2) is 18.9 Å². The number of benzene rings is 1. The summed E-state index contributed by atoms with van der Waals surface area (Å²) in [6.07, 6.45) is 1.26. The van der Waals surface area contributed by atoms with Gasteiger partial charge in [0.1, 0.15) is 0 Å². The molecule has 0 amide bonds. The van der Waals surface area contributed by atoms with E-state index >= 15 is 0 Å². The topological polar surface area (TPSA) is 55.4 Å². The highest BCUT2D eigenvalue weighted by molar-refractivity contribution is 9.10. The van der Waals surface area contributed by atoms with Crippen molar-refractivity contribution in [3.8, 4) is 0 Å². The Bertz CT molecular complexity index is 803. The normalized spacial score (nSPS) is 22.4. The summed E-state index contributed by atoms with van der Waals surface area (Å²) in [6.45, 7) is 6.06. The van der Waals surface area contributed by atoms with Crippen LogP contribution in [0, 0.1) is 5.41 Å². The van der Waals surface area contributed by atoms with Crippen LogP contribution in [0.3, 0.4) is 0 Å². The molecule has 3 rings (SSSR count). The zero-order valence-electron chi connectivity index (χ0n) is 14.9. The van der Waals surface area contributed by atoms with E-state index in [0.29, 0.717) is 17.6 Å². The van der Waals surface area contributed by atoms with Crippen molar-refractivity contribution in [3.63, 3.8) is 0 Å². The summed E-state index contributed by atoms with van der Waals surface area (Å²) in [6, 6.07) is 7.76. The van der Waals surface area contributed by atoms with Gasteiger partial charge in [-0.1, -0.05) is 41.9 Å². The highest BCUT2D eigenvalue weighted by Gasteiger charge is 2.42. The Morgan fingerprint density at radius 3 is 2.48 bits per heavy atom. The van der Waals surface area contributed by atoms with Crippen LogP contribution in [-0.2, 0) is 14.3 Å². The first-order valence-corrected chi connectivity index (χ1v) is 9.10. The van der Waals surface area contributed by atoms with Crippen LogP contribution in [0.15, 0.2) is 51.3 Å². The Morgan fingerprint density at radius 2 is 1.88 bits per heavy atom. The number of dihydropyridines is 1. The number of ketones is 1. The van der Waals surface area contributed by atoms with E-state index in [1.165, 1.54) is 7.11 Å². The van der Waals surface area contributed by atoms with Gasteiger partial charge < -0.3 is 10.1 Å². The van der Waals surface area contributed by atoms with Crippen molar-refractivity contribution >= 4 is 27.7 Å². The first kappa shape index (κ1) is 17.9. The second-order valence-corrected chi connectivity index (χ2v) is 8.39. The second kappa shape index (κ2) is 6.45. The number of methoxy groups -OCH3 is 1. The number of halogens is 1. The van der Waals surface area contributed by atoms with Crippen LogP contribution in [0.1, 0.15) is 45.1 Å². The number of hydrogen-bond donors (Lipinski definition) is 1. The van der Waals surface area contributed by atoms with Crippen molar-refractivity contribution in [3.05, 3.63) is 56.8 Å². The first-order chi connectivity index (χ1) is 11.7. The molecule has 1 N–H and O–H groups in total. The molecule has 1 atom stereocenters. The van der Waals surface area contributed by atoms with Gasteiger partial charge in [-0.3, -0.25) is 4.79 Å². The number of Topliss-reactive ketones (excluding diaryl/α,β-unsaturated/α-hetero) is 1. The molecule has 0 unspecified atom stereocenters. The SMILES string of the molecule is COC(=O)C1=C(C)NC2=C(C(=O)CC(C)(C)C2)[C@@H]1c1ccc(Br)cc1. The number of rotatable bonds is 2. The summed E-state index contributed by atoms with van der Waals surface area (Å²) in [5, 5.41) is 3.31. The van der Waals surface area contributed by atoms with Crippen LogP contribution in [0.5, 0.6) is 0 Å². The predicted molar refractivity (Wildman–Crippen MR) is 99.8 cm³/mol. The molecule has 25 heavy (non-hydrogen) atoms. The highest BCUT2D eigenvalue weighted by Crippen LogP contribution is 2.46. The lowest BCUT2D eigenvalue weighted by Gasteiger charge is -2.39. The van der Waals surface area contributed by atoms with Crippen molar-refractivity contribution in [2.45, 2.75) is 39.5 Å². The number of ether oxygens (including phenoxy) is 1. The molecule has 0 saturated heterocycles. The van der Waals surface area contributed by atoms with E-state index in [1.807, 2.05) is 31.2 Å². The van der Waals surface area contributed by atoms with E-state index in [9.17, 15) is 9.59 Å². The maximum atomic E-state index is 13.0. The van der Waals surface area contributed by atoms with Gasteiger partial charge in [0.2, 0.25) is 0 Å². The van der Waals surface area contributed by atoms with Gasteiger partial charge in [0.25, 0.3) is 0 Å². The van der Waals surface area contributed by atoms with Gasteiger partial charge in [-0.05, 0) is 36.5 Å². The summed E-state index contributed by atoms with van der Waals surface area (Å²) in [7, 11) is 1.37. The highest BCUT2D eigenvalue weighted by atomic mass is 79.9. The number of nitrogens with one attached hydrogen (secondary N) is 1. The van der Waals surface area contributed by atoms with Crippen molar-refractivity contribution in [2.24, 2.45) is 5.41 Å². The monoisotopic (exact) mass is 403 g/mol.